The zero-order chi connectivity index (χ0) is 14.9. The fourth-order valence-corrected chi connectivity index (χ4v) is 1.83. The number of aromatic nitrogens is 1. The predicted octanol–water partition coefficient (Wildman–Crippen LogP) is 1.82. The van der Waals surface area contributed by atoms with Gasteiger partial charge in [0.15, 0.2) is 5.89 Å². The van der Waals surface area contributed by atoms with Gasteiger partial charge in [-0.15, -0.1) is 0 Å². The van der Waals surface area contributed by atoms with Crippen molar-refractivity contribution in [3.05, 3.63) is 40.5 Å². The largest absolute Gasteiger partial charge is 0.478 e. The van der Waals surface area contributed by atoms with Gasteiger partial charge in [-0.1, -0.05) is 0 Å². The van der Waals surface area contributed by atoms with Crippen LogP contribution in [0.2, 0.25) is 0 Å². The van der Waals surface area contributed by atoms with Gasteiger partial charge in [0.2, 0.25) is 5.76 Å². The molecule has 0 aliphatic heterocycles. The minimum absolute atomic E-state index is 0.0755. The molecule has 20 heavy (non-hydrogen) atoms. The number of aromatic carboxylic acids is 1. The van der Waals surface area contributed by atoms with E-state index in [0.29, 0.717) is 23.1 Å². The molecular formula is C13H14N2O5. The van der Waals surface area contributed by atoms with Crippen LogP contribution in [-0.4, -0.2) is 22.0 Å². The Kier molecular flexibility index (Phi) is 3.60. The van der Waals surface area contributed by atoms with Gasteiger partial charge in [0, 0.05) is 6.92 Å². The van der Waals surface area contributed by atoms with Crippen LogP contribution in [0.15, 0.2) is 14.9 Å². The zero-order valence-electron chi connectivity index (χ0n) is 11.3. The molecule has 0 bridgehead atoms. The normalized spacial score (nSPS) is 10.6. The van der Waals surface area contributed by atoms with Crippen molar-refractivity contribution in [2.45, 2.75) is 27.3 Å². The van der Waals surface area contributed by atoms with Crippen LogP contribution < -0.4 is 5.32 Å². The molecule has 0 aliphatic carbocycles. The molecule has 7 heteroatoms. The highest BCUT2D eigenvalue weighted by atomic mass is 16.4. The topological polar surface area (TPSA) is 106 Å². The Labute approximate surface area is 114 Å². The number of carboxylic acids is 1. The van der Waals surface area contributed by atoms with Gasteiger partial charge in [0.25, 0.3) is 5.91 Å². The third-order valence-corrected chi connectivity index (χ3v) is 2.73. The number of furan rings is 1. The molecule has 2 heterocycles. The molecule has 0 atom stereocenters. The van der Waals surface area contributed by atoms with E-state index in [1.807, 2.05) is 0 Å². The average molecular weight is 278 g/mol. The van der Waals surface area contributed by atoms with Crippen molar-refractivity contribution in [2.24, 2.45) is 0 Å². The number of nitrogens with zero attached hydrogens (tertiary/aromatic N) is 1. The summed E-state index contributed by atoms with van der Waals surface area (Å²) in [5.74, 6) is -0.269. The summed E-state index contributed by atoms with van der Waals surface area (Å²) in [6.07, 6.45) is 0. The molecule has 0 aromatic carbocycles. The predicted molar refractivity (Wildman–Crippen MR) is 67.6 cm³/mol. The van der Waals surface area contributed by atoms with Crippen LogP contribution in [0, 0.1) is 20.8 Å². The van der Waals surface area contributed by atoms with Crippen LogP contribution in [0.5, 0.6) is 0 Å². The summed E-state index contributed by atoms with van der Waals surface area (Å²) in [6, 6.07) is 1.39. The third-order valence-electron chi connectivity index (χ3n) is 2.73. The number of oxazole rings is 1. The van der Waals surface area contributed by atoms with E-state index < -0.39 is 11.9 Å². The molecule has 1 amide bonds. The number of nitrogens with one attached hydrogen (secondary N) is 1. The first kappa shape index (κ1) is 13.9. The van der Waals surface area contributed by atoms with Crippen LogP contribution in [0.1, 0.15) is 44.0 Å². The number of rotatable bonds is 4. The SMILES string of the molecule is Cc1nc(C)c(C(=O)NCc2cc(C(=O)O)c(C)o2)o1. The average Bonchev–Trinajstić information content (AvgIpc) is 2.89. The second kappa shape index (κ2) is 5.20. The van der Waals surface area contributed by atoms with Crippen LogP contribution >= 0.6 is 0 Å². The van der Waals surface area contributed by atoms with E-state index in [4.69, 9.17) is 13.9 Å². The molecule has 0 fully saturated rings. The summed E-state index contributed by atoms with van der Waals surface area (Å²) in [6.45, 7) is 4.95. The Balaban J connectivity index is 2.05. The highest BCUT2D eigenvalue weighted by Gasteiger charge is 2.17. The number of amides is 1. The fraction of sp³-hybridized carbons (Fsp3) is 0.308. The molecule has 106 valence electrons. The molecular weight excluding hydrogens is 264 g/mol. The number of carbonyl (C=O) groups is 2. The monoisotopic (exact) mass is 278 g/mol. The molecule has 0 radical (unpaired) electrons. The fourth-order valence-electron chi connectivity index (χ4n) is 1.83. The Bertz CT molecular complexity index is 668. The molecule has 2 aromatic rings. The zero-order valence-corrected chi connectivity index (χ0v) is 11.3. The van der Waals surface area contributed by atoms with Crippen LogP contribution in [0.4, 0.5) is 0 Å². The Hall–Kier alpha value is -2.57. The quantitative estimate of drug-likeness (QED) is 0.883. The van der Waals surface area contributed by atoms with Crippen molar-refractivity contribution >= 4 is 11.9 Å². The van der Waals surface area contributed by atoms with E-state index in [0.717, 1.165) is 0 Å². The highest BCUT2D eigenvalue weighted by molar-refractivity contribution is 5.92. The van der Waals surface area contributed by atoms with Gasteiger partial charge in [-0.3, -0.25) is 4.79 Å². The molecule has 2 rings (SSSR count). The summed E-state index contributed by atoms with van der Waals surface area (Å²) in [5.41, 5.74) is 0.586. The van der Waals surface area contributed by atoms with Crippen molar-refractivity contribution in [3.63, 3.8) is 0 Å². The van der Waals surface area contributed by atoms with Crippen molar-refractivity contribution in [1.29, 1.82) is 0 Å². The van der Waals surface area contributed by atoms with E-state index in [2.05, 4.69) is 10.3 Å². The molecule has 7 nitrogen and oxygen atoms in total. The molecule has 2 aromatic heterocycles. The van der Waals surface area contributed by atoms with E-state index >= 15 is 0 Å². The highest BCUT2D eigenvalue weighted by Crippen LogP contribution is 2.15. The number of carboxylic acid groups (broad SMARTS) is 1. The molecule has 2 N–H and O–H groups in total. The first-order chi connectivity index (χ1) is 9.38. The summed E-state index contributed by atoms with van der Waals surface area (Å²) in [4.78, 5) is 26.7. The molecule has 0 spiro atoms. The summed E-state index contributed by atoms with van der Waals surface area (Å²) < 4.78 is 10.4. The number of hydrogen-bond acceptors (Lipinski definition) is 5. The van der Waals surface area contributed by atoms with Gasteiger partial charge < -0.3 is 19.3 Å². The second-order valence-corrected chi connectivity index (χ2v) is 4.32. The van der Waals surface area contributed by atoms with E-state index in [-0.39, 0.29) is 17.9 Å². The van der Waals surface area contributed by atoms with Crippen LogP contribution in [-0.2, 0) is 6.54 Å². The molecule has 0 aliphatic rings. The van der Waals surface area contributed by atoms with Crippen molar-refractivity contribution in [3.8, 4) is 0 Å². The minimum Gasteiger partial charge on any atom is -0.478 e. The first-order valence-electron chi connectivity index (χ1n) is 5.93. The number of hydrogen-bond donors (Lipinski definition) is 2. The maximum absolute atomic E-state index is 11.9. The third kappa shape index (κ3) is 2.71. The lowest BCUT2D eigenvalue weighted by molar-refractivity contribution is 0.0694. The minimum atomic E-state index is -1.06. The Morgan fingerprint density at radius 2 is 2.00 bits per heavy atom. The van der Waals surface area contributed by atoms with E-state index in [1.165, 1.54) is 6.07 Å². The number of carbonyl (C=O) groups excluding carboxylic acids is 1. The molecule has 0 unspecified atom stereocenters. The molecule has 0 saturated heterocycles. The summed E-state index contributed by atoms with van der Waals surface area (Å²) in [7, 11) is 0. The van der Waals surface area contributed by atoms with Gasteiger partial charge in [0.05, 0.1) is 12.2 Å². The van der Waals surface area contributed by atoms with Gasteiger partial charge >= 0.3 is 5.97 Å². The Morgan fingerprint density at radius 3 is 2.50 bits per heavy atom. The van der Waals surface area contributed by atoms with Crippen molar-refractivity contribution in [2.75, 3.05) is 0 Å². The lowest BCUT2D eigenvalue weighted by atomic mass is 10.2. The van der Waals surface area contributed by atoms with Gasteiger partial charge in [-0.05, 0) is 19.9 Å². The van der Waals surface area contributed by atoms with Crippen LogP contribution in [0.25, 0.3) is 0 Å². The lowest BCUT2D eigenvalue weighted by Crippen LogP contribution is -2.22. The van der Waals surface area contributed by atoms with Crippen molar-refractivity contribution < 1.29 is 23.5 Å². The van der Waals surface area contributed by atoms with Crippen molar-refractivity contribution in [1.82, 2.24) is 10.3 Å². The summed E-state index contributed by atoms with van der Waals surface area (Å²) in [5, 5.41) is 11.5. The first-order valence-corrected chi connectivity index (χ1v) is 5.93. The van der Waals surface area contributed by atoms with E-state index in [1.54, 1.807) is 20.8 Å². The van der Waals surface area contributed by atoms with Gasteiger partial charge in [0.1, 0.15) is 17.1 Å². The van der Waals surface area contributed by atoms with Gasteiger partial charge in [-0.25, -0.2) is 9.78 Å². The number of aryl methyl sites for hydroxylation is 3. The maximum atomic E-state index is 11.9. The van der Waals surface area contributed by atoms with Crippen LogP contribution in [0.3, 0.4) is 0 Å². The lowest BCUT2D eigenvalue weighted by Gasteiger charge is -2.00. The van der Waals surface area contributed by atoms with E-state index in [9.17, 15) is 9.59 Å². The Morgan fingerprint density at radius 1 is 1.30 bits per heavy atom. The second-order valence-electron chi connectivity index (χ2n) is 4.32. The smallest absolute Gasteiger partial charge is 0.339 e. The van der Waals surface area contributed by atoms with Gasteiger partial charge in [-0.2, -0.15) is 0 Å². The summed E-state index contributed by atoms with van der Waals surface area (Å²) >= 11 is 0. The maximum Gasteiger partial charge on any atom is 0.339 e. The molecule has 0 saturated carbocycles. The standard InChI is InChI=1S/C13H14N2O5/c1-6-11(20-8(3)15-6)12(16)14-5-9-4-10(13(17)18)7(2)19-9/h4H,5H2,1-3H3,(H,14,16)(H,17,18).